The Morgan fingerprint density at radius 1 is 1.18 bits per heavy atom. The van der Waals surface area contributed by atoms with E-state index in [1.807, 2.05) is 5.32 Å². The lowest BCUT2D eigenvalue weighted by molar-refractivity contribution is 0.0377. The molecule has 1 aromatic carbocycles. The van der Waals surface area contributed by atoms with Crippen molar-refractivity contribution in [2.75, 3.05) is 5.73 Å². The number of carbonyl (C=O) groups is 3. The Morgan fingerprint density at radius 2 is 1.86 bits per heavy atom. The van der Waals surface area contributed by atoms with Crippen LogP contribution in [0.4, 0.5) is 5.82 Å². The zero-order chi connectivity index (χ0) is 20.7. The second-order valence-corrected chi connectivity index (χ2v) is 6.38. The Balaban J connectivity index is 2.27. The second kappa shape index (κ2) is 6.95. The van der Waals surface area contributed by atoms with Crippen LogP contribution in [0.25, 0.3) is 5.69 Å². The molecule has 3 rings (SSSR count). The molecule has 0 saturated carbocycles. The summed E-state index contributed by atoms with van der Waals surface area (Å²) in [5.74, 6) is -2.61. The molecule has 0 unspecified atom stereocenters. The van der Waals surface area contributed by atoms with Crippen LogP contribution in [0.5, 0.6) is 0 Å². The Bertz CT molecular complexity index is 1080. The van der Waals surface area contributed by atoms with Crippen molar-refractivity contribution in [1.82, 2.24) is 9.88 Å². The number of nitrogens with two attached hydrogens (primary N) is 1. The highest BCUT2D eigenvalue weighted by atomic mass is 16.5. The van der Waals surface area contributed by atoms with Gasteiger partial charge in [0.1, 0.15) is 5.82 Å². The molecule has 2 aromatic rings. The molecule has 0 radical (unpaired) electrons. The number of fused-ring (bicyclic) bond motifs is 1. The van der Waals surface area contributed by atoms with Gasteiger partial charge in [0.2, 0.25) is 0 Å². The van der Waals surface area contributed by atoms with Gasteiger partial charge in [0.25, 0.3) is 17.4 Å². The van der Waals surface area contributed by atoms with Gasteiger partial charge in [-0.1, -0.05) is 6.07 Å². The second-order valence-electron chi connectivity index (χ2n) is 6.38. The first-order valence-corrected chi connectivity index (χ1v) is 8.24. The third kappa shape index (κ3) is 3.17. The predicted octanol–water partition coefficient (Wildman–Crippen LogP) is -1.45. The van der Waals surface area contributed by atoms with Crippen LogP contribution in [0.15, 0.2) is 29.1 Å². The number of hydrogen-bond donors (Lipinski definition) is 4. The summed E-state index contributed by atoms with van der Waals surface area (Å²) < 4.78 is 5.93. The van der Waals surface area contributed by atoms with Crippen molar-refractivity contribution >= 4 is 36.2 Å². The Labute approximate surface area is 158 Å². The molecule has 0 saturated heterocycles. The molecule has 0 atom stereocenters. The number of esters is 1. The highest BCUT2D eigenvalue weighted by Crippen LogP contribution is 2.23. The normalized spacial score (nSPS) is 12.8. The molecule has 1 aromatic heterocycles. The lowest BCUT2D eigenvalue weighted by Crippen LogP contribution is -2.37. The minimum absolute atomic E-state index is 0.0282. The average Bonchev–Trinajstić information content (AvgIpc) is 2.87. The molecule has 0 fully saturated rings. The van der Waals surface area contributed by atoms with Crippen LogP contribution in [-0.2, 0) is 4.74 Å². The van der Waals surface area contributed by atoms with Gasteiger partial charge in [0.15, 0.2) is 0 Å². The van der Waals surface area contributed by atoms with Crippen LogP contribution in [0.2, 0.25) is 0 Å². The molecule has 1 aliphatic heterocycles. The van der Waals surface area contributed by atoms with Gasteiger partial charge in [0, 0.05) is 11.5 Å². The highest BCUT2D eigenvalue weighted by molar-refractivity contribution is 6.60. The van der Waals surface area contributed by atoms with E-state index >= 15 is 0 Å². The Kier molecular flexibility index (Phi) is 4.79. The van der Waals surface area contributed by atoms with E-state index in [-0.39, 0.29) is 33.7 Å². The van der Waals surface area contributed by atoms with Crippen molar-refractivity contribution < 1.29 is 29.2 Å². The van der Waals surface area contributed by atoms with Gasteiger partial charge in [-0.05, 0) is 26.0 Å². The average molecular weight is 385 g/mol. The number of rotatable bonds is 4. The SMILES string of the molecule is CC(C)OC(=O)c1ccc(B(O)O)c(-n2c(N)c3c(cc2=O)C(=O)NC3=O)c1. The molecule has 11 heteroatoms. The topological polar surface area (TPSA) is 161 Å². The monoisotopic (exact) mass is 385 g/mol. The number of anilines is 1. The molecule has 144 valence electrons. The Hall–Kier alpha value is -3.44. The van der Waals surface area contributed by atoms with E-state index in [4.69, 9.17) is 10.5 Å². The van der Waals surface area contributed by atoms with Gasteiger partial charge in [0.05, 0.1) is 28.5 Å². The zero-order valence-electron chi connectivity index (χ0n) is 14.9. The number of nitrogens with one attached hydrogen (secondary N) is 1. The number of amides is 2. The summed E-state index contributed by atoms with van der Waals surface area (Å²) in [6.45, 7) is 3.31. The zero-order valence-corrected chi connectivity index (χ0v) is 14.9. The number of aromatic nitrogens is 1. The number of carbonyl (C=O) groups excluding carboxylic acids is 3. The fourth-order valence-corrected chi connectivity index (χ4v) is 2.89. The van der Waals surface area contributed by atoms with E-state index in [0.29, 0.717) is 0 Å². The molecular formula is C17H16BN3O7. The summed E-state index contributed by atoms with van der Waals surface area (Å²) in [5.41, 5.74) is 4.54. The van der Waals surface area contributed by atoms with Gasteiger partial charge < -0.3 is 20.5 Å². The first kappa shape index (κ1) is 19.3. The molecule has 0 aliphatic carbocycles. The summed E-state index contributed by atoms with van der Waals surface area (Å²) >= 11 is 0. The largest absolute Gasteiger partial charge is 0.490 e. The molecule has 28 heavy (non-hydrogen) atoms. The van der Waals surface area contributed by atoms with Gasteiger partial charge in [-0.2, -0.15) is 0 Å². The molecule has 0 spiro atoms. The van der Waals surface area contributed by atoms with E-state index in [9.17, 15) is 29.2 Å². The molecule has 5 N–H and O–H groups in total. The van der Waals surface area contributed by atoms with Crippen LogP contribution in [-0.4, -0.2) is 45.6 Å². The van der Waals surface area contributed by atoms with Crippen molar-refractivity contribution in [1.29, 1.82) is 0 Å². The number of hydrogen-bond acceptors (Lipinski definition) is 8. The molecule has 1 aliphatic rings. The number of imide groups is 1. The number of nitrogen functional groups attached to an aromatic ring is 1. The van der Waals surface area contributed by atoms with Crippen LogP contribution >= 0.6 is 0 Å². The Morgan fingerprint density at radius 3 is 2.46 bits per heavy atom. The lowest BCUT2D eigenvalue weighted by Gasteiger charge is -2.17. The maximum Gasteiger partial charge on any atom is 0.490 e. The van der Waals surface area contributed by atoms with Gasteiger partial charge >= 0.3 is 13.1 Å². The smallest absolute Gasteiger partial charge is 0.459 e. The van der Waals surface area contributed by atoms with Crippen molar-refractivity contribution in [3.63, 3.8) is 0 Å². The van der Waals surface area contributed by atoms with Gasteiger partial charge in [-0.25, -0.2) is 4.79 Å². The number of benzene rings is 1. The third-order valence-electron chi connectivity index (χ3n) is 4.08. The van der Waals surface area contributed by atoms with Gasteiger partial charge in [-0.3, -0.25) is 24.3 Å². The summed E-state index contributed by atoms with van der Waals surface area (Å²) in [4.78, 5) is 48.6. The fraction of sp³-hybridized carbons (Fsp3) is 0.176. The van der Waals surface area contributed by atoms with E-state index in [2.05, 4.69) is 0 Å². The van der Waals surface area contributed by atoms with Crippen molar-refractivity contribution in [2.45, 2.75) is 20.0 Å². The molecule has 2 amide bonds. The quantitative estimate of drug-likeness (QED) is 0.282. The maximum absolute atomic E-state index is 12.6. The summed E-state index contributed by atoms with van der Waals surface area (Å²) in [5, 5.41) is 21.4. The minimum Gasteiger partial charge on any atom is -0.459 e. The van der Waals surface area contributed by atoms with Crippen LogP contribution in [0.3, 0.4) is 0 Å². The molecule has 10 nitrogen and oxygen atoms in total. The van der Waals surface area contributed by atoms with Crippen molar-refractivity contribution in [2.24, 2.45) is 0 Å². The maximum atomic E-state index is 12.6. The standard InChI is InChI=1S/C17H16BN3O7/c1-7(2)28-17(25)8-3-4-10(18(26)27)11(5-8)21-12(22)6-9-13(14(21)19)16(24)20-15(9)23/h3-7,26-27H,19H2,1-2H3,(H,20,23,24). The molecule has 0 bridgehead atoms. The molecular weight excluding hydrogens is 369 g/mol. The lowest BCUT2D eigenvalue weighted by atomic mass is 9.78. The van der Waals surface area contributed by atoms with Crippen LogP contribution in [0, 0.1) is 0 Å². The first-order chi connectivity index (χ1) is 13.1. The summed E-state index contributed by atoms with van der Waals surface area (Å²) in [6, 6.07) is 4.63. The first-order valence-electron chi connectivity index (χ1n) is 8.24. The number of pyridine rings is 1. The molecule has 2 heterocycles. The van der Waals surface area contributed by atoms with E-state index in [0.717, 1.165) is 10.6 Å². The van der Waals surface area contributed by atoms with E-state index in [1.54, 1.807) is 13.8 Å². The summed E-state index contributed by atoms with van der Waals surface area (Å²) in [7, 11) is -2.00. The fourth-order valence-electron chi connectivity index (χ4n) is 2.89. The summed E-state index contributed by atoms with van der Waals surface area (Å²) in [6.07, 6.45) is -0.401. The number of nitrogens with zero attached hydrogens (tertiary/aromatic N) is 1. The minimum atomic E-state index is -2.00. The number of ether oxygens (including phenoxy) is 1. The van der Waals surface area contributed by atoms with Gasteiger partial charge in [-0.15, -0.1) is 0 Å². The van der Waals surface area contributed by atoms with E-state index in [1.165, 1.54) is 18.2 Å². The van der Waals surface area contributed by atoms with E-state index < -0.39 is 36.6 Å². The predicted molar refractivity (Wildman–Crippen MR) is 98.6 cm³/mol. The van der Waals surface area contributed by atoms with Crippen molar-refractivity contribution in [3.8, 4) is 5.69 Å². The van der Waals surface area contributed by atoms with Crippen molar-refractivity contribution in [3.05, 3.63) is 51.3 Å². The third-order valence-corrected chi connectivity index (χ3v) is 4.08. The van der Waals surface area contributed by atoms with Crippen LogP contribution < -0.4 is 22.1 Å². The van der Waals surface area contributed by atoms with Crippen LogP contribution in [0.1, 0.15) is 44.9 Å². The highest BCUT2D eigenvalue weighted by Gasteiger charge is 2.33.